The van der Waals surface area contributed by atoms with Crippen molar-refractivity contribution < 1.29 is 9.21 Å². The molecule has 0 fully saturated rings. The number of benzene rings is 2. The van der Waals surface area contributed by atoms with Crippen molar-refractivity contribution in [2.75, 3.05) is 5.32 Å². The summed E-state index contributed by atoms with van der Waals surface area (Å²) in [7, 11) is 0. The van der Waals surface area contributed by atoms with Gasteiger partial charge in [0.15, 0.2) is 5.76 Å². The third-order valence-electron chi connectivity index (χ3n) is 3.18. The third kappa shape index (κ3) is 2.43. The van der Waals surface area contributed by atoms with E-state index in [0.29, 0.717) is 5.76 Å². The monoisotopic (exact) mass is 265 g/mol. The zero-order valence-electron chi connectivity index (χ0n) is 11.4. The Morgan fingerprint density at radius 3 is 2.60 bits per heavy atom. The van der Waals surface area contributed by atoms with Crippen LogP contribution in [0.2, 0.25) is 0 Å². The van der Waals surface area contributed by atoms with E-state index in [2.05, 4.69) is 5.32 Å². The van der Waals surface area contributed by atoms with Crippen molar-refractivity contribution in [3.05, 3.63) is 65.4 Å². The number of nitrogens with one attached hydrogen (secondary N) is 1. The molecule has 2 aromatic carbocycles. The van der Waals surface area contributed by atoms with Crippen LogP contribution in [0.1, 0.15) is 21.7 Å². The van der Waals surface area contributed by atoms with Crippen molar-refractivity contribution in [3.8, 4) is 0 Å². The Labute approximate surface area is 117 Å². The summed E-state index contributed by atoms with van der Waals surface area (Å²) in [4.78, 5) is 12.2. The zero-order chi connectivity index (χ0) is 14.1. The van der Waals surface area contributed by atoms with Crippen LogP contribution in [0.15, 0.2) is 52.9 Å². The molecule has 0 aliphatic rings. The summed E-state index contributed by atoms with van der Waals surface area (Å²) < 4.78 is 5.60. The van der Waals surface area contributed by atoms with Crippen LogP contribution in [0.5, 0.6) is 0 Å². The van der Waals surface area contributed by atoms with Gasteiger partial charge in [0.05, 0.1) is 0 Å². The molecule has 0 radical (unpaired) electrons. The van der Waals surface area contributed by atoms with Crippen LogP contribution >= 0.6 is 0 Å². The molecule has 100 valence electrons. The van der Waals surface area contributed by atoms with Gasteiger partial charge in [-0.05, 0) is 49.2 Å². The molecule has 1 N–H and O–H groups in total. The average molecular weight is 265 g/mol. The number of aryl methyl sites for hydroxylation is 2. The first-order valence-corrected chi connectivity index (χ1v) is 6.50. The Balaban J connectivity index is 1.88. The Kier molecular flexibility index (Phi) is 3.03. The van der Waals surface area contributed by atoms with Crippen LogP contribution in [-0.4, -0.2) is 5.91 Å². The van der Waals surface area contributed by atoms with E-state index < -0.39 is 0 Å². The van der Waals surface area contributed by atoms with E-state index in [4.69, 9.17) is 4.42 Å². The maximum absolute atomic E-state index is 12.2. The van der Waals surface area contributed by atoms with Crippen molar-refractivity contribution in [2.45, 2.75) is 13.8 Å². The molecule has 0 atom stereocenters. The Bertz CT molecular complexity index is 787. The second kappa shape index (κ2) is 4.85. The molecule has 20 heavy (non-hydrogen) atoms. The molecule has 0 aliphatic heterocycles. The van der Waals surface area contributed by atoms with E-state index in [0.717, 1.165) is 27.8 Å². The highest BCUT2D eigenvalue weighted by Gasteiger charge is 2.12. The van der Waals surface area contributed by atoms with Crippen molar-refractivity contribution in [1.82, 2.24) is 0 Å². The molecule has 0 bridgehead atoms. The standard InChI is InChI=1S/C17H15NO2/c1-11-4-3-5-14(8-11)18-17(19)16-10-13-7-6-12(2)9-15(13)20-16/h3-10H,1-2H3,(H,18,19). The highest BCUT2D eigenvalue weighted by atomic mass is 16.3. The van der Waals surface area contributed by atoms with E-state index in [1.807, 2.05) is 56.3 Å². The quantitative estimate of drug-likeness (QED) is 0.750. The van der Waals surface area contributed by atoms with Gasteiger partial charge in [0.2, 0.25) is 0 Å². The topological polar surface area (TPSA) is 42.2 Å². The summed E-state index contributed by atoms with van der Waals surface area (Å²) in [5.41, 5.74) is 3.71. The lowest BCUT2D eigenvalue weighted by atomic mass is 10.2. The fraction of sp³-hybridized carbons (Fsp3) is 0.118. The average Bonchev–Trinajstić information content (AvgIpc) is 2.81. The van der Waals surface area contributed by atoms with Gasteiger partial charge in [0.1, 0.15) is 5.58 Å². The number of anilines is 1. The Morgan fingerprint density at radius 1 is 1.00 bits per heavy atom. The second-order valence-corrected chi connectivity index (χ2v) is 4.98. The van der Waals surface area contributed by atoms with Gasteiger partial charge in [-0.15, -0.1) is 0 Å². The lowest BCUT2D eigenvalue weighted by molar-refractivity contribution is 0.0998. The molecular formula is C17H15NO2. The summed E-state index contributed by atoms with van der Waals surface area (Å²) >= 11 is 0. The van der Waals surface area contributed by atoms with E-state index >= 15 is 0 Å². The van der Waals surface area contributed by atoms with Gasteiger partial charge >= 0.3 is 0 Å². The number of rotatable bonds is 2. The maximum Gasteiger partial charge on any atom is 0.291 e. The van der Waals surface area contributed by atoms with Crippen LogP contribution in [-0.2, 0) is 0 Å². The summed E-state index contributed by atoms with van der Waals surface area (Å²) in [5, 5.41) is 3.78. The third-order valence-corrected chi connectivity index (χ3v) is 3.18. The molecule has 0 spiro atoms. The van der Waals surface area contributed by atoms with E-state index in [1.165, 1.54) is 0 Å². The maximum atomic E-state index is 12.2. The molecule has 3 heteroatoms. The van der Waals surface area contributed by atoms with Crippen LogP contribution in [0.25, 0.3) is 11.0 Å². The van der Waals surface area contributed by atoms with Gasteiger partial charge in [0.25, 0.3) is 5.91 Å². The van der Waals surface area contributed by atoms with Crippen molar-refractivity contribution in [1.29, 1.82) is 0 Å². The van der Waals surface area contributed by atoms with Gasteiger partial charge in [-0.25, -0.2) is 0 Å². The highest BCUT2D eigenvalue weighted by molar-refractivity contribution is 6.04. The molecule has 0 saturated heterocycles. The molecule has 0 aliphatic carbocycles. The molecule has 3 aromatic rings. The lowest BCUT2D eigenvalue weighted by Gasteiger charge is -2.03. The molecule has 3 nitrogen and oxygen atoms in total. The SMILES string of the molecule is Cc1cccc(NC(=O)c2cc3ccc(C)cc3o2)c1. The van der Waals surface area contributed by atoms with Crippen molar-refractivity contribution in [2.24, 2.45) is 0 Å². The minimum Gasteiger partial charge on any atom is -0.451 e. The van der Waals surface area contributed by atoms with Crippen LogP contribution in [0, 0.1) is 13.8 Å². The zero-order valence-corrected chi connectivity index (χ0v) is 11.4. The molecule has 0 unspecified atom stereocenters. The summed E-state index contributed by atoms with van der Waals surface area (Å²) in [6.07, 6.45) is 0. The van der Waals surface area contributed by atoms with Gasteiger partial charge in [-0.2, -0.15) is 0 Å². The number of carbonyl (C=O) groups is 1. The van der Waals surface area contributed by atoms with Gasteiger partial charge in [-0.3, -0.25) is 4.79 Å². The predicted molar refractivity (Wildman–Crippen MR) is 80.1 cm³/mol. The normalized spacial score (nSPS) is 10.7. The molecule has 1 heterocycles. The minimum atomic E-state index is -0.232. The van der Waals surface area contributed by atoms with E-state index in [9.17, 15) is 4.79 Å². The van der Waals surface area contributed by atoms with E-state index in [1.54, 1.807) is 6.07 Å². The first kappa shape index (κ1) is 12.5. The molecule has 0 saturated carbocycles. The molecule has 1 amide bonds. The summed E-state index contributed by atoms with van der Waals surface area (Å²) in [5.74, 6) is 0.0940. The number of amides is 1. The molecule has 3 rings (SSSR count). The lowest BCUT2D eigenvalue weighted by Crippen LogP contribution is -2.10. The number of furan rings is 1. The fourth-order valence-electron chi connectivity index (χ4n) is 2.17. The van der Waals surface area contributed by atoms with Crippen LogP contribution in [0.4, 0.5) is 5.69 Å². The largest absolute Gasteiger partial charge is 0.451 e. The number of fused-ring (bicyclic) bond motifs is 1. The Morgan fingerprint density at radius 2 is 1.80 bits per heavy atom. The Hall–Kier alpha value is -2.55. The smallest absolute Gasteiger partial charge is 0.291 e. The molecule has 1 aromatic heterocycles. The summed E-state index contributed by atoms with van der Waals surface area (Å²) in [6.45, 7) is 3.98. The highest BCUT2D eigenvalue weighted by Crippen LogP contribution is 2.21. The van der Waals surface area contributed by atoms with E-state index in [-0.39, 0.29) is 5.91 Å². The van der Waals surface area contributed by atoms with Gasteiger partial charge in [-0.1, -0.05) is 24.3 Å². The number of hydrogen-bond acceptors (Lipinski definition) is 2. The fourth-order valence-corrected chi connectivity index (χ4v) is 2.17. The first-order valence-electron chi connectivity index (χ1n) is 6.50. The van der Waals surface area contributed by atoms with Crippen molar-refractivity contribution >= 4 is 22.6 Å². The van der Waals surface area contributed by atoms with Crippen molar-refractivity contribution in [3.63, 3.8) is 0 Å². The van der Waals surface area contributed by atoms with Gasteiger partial charge in [0, 0.05) is 11.1 Å². The van der Waals surface area contributed by atoms with Crippen LogP contribution in [0.3, 0.4) is 0 Å². The molecular weight excluding hydrogens is 250 g/mol. The summed E-state index contributed by atoms with van der Waals surface area (Å²) in [6, 6.07) is 15.3. The number of carbonyl (C=O) groups excluding carboxylic acids is 1. The minimum absolute atomic E-state index is 0.232. The first-order chi connectivity index (χ1) is 9.61. The number of hydrogen-bond donors (Lipinski definition) is 1. The predicted octanol–water partition coefficient (Wildman–Crippen LogP) is 4.30. The van der Waals surface area contributed by atoms with Crippen LogP contribution < -0.4 is 5.32 Å². The van der Waals surface area contributed by atoms with Gasteiger partial charge < -0.3 is 9.73 Å². The second-order valence-electron chi connectivity index (χ2n) is 4.98.